The van der Waals surface area contributed by atoms with Gasteiger partial charge in [0.2, 0.25) is 0 Å². The first-order chi connectivity index (χ1) is 15.6. The van der Waals surface area contributed by atoms with Crippen LogP contribution in [0.5, 0.6) is 5.75 Å². The Kier molecular flexibility index (Phi) is 7.38. The fourth-order valence-electron chi connectivity index (χ4n) is 2.92. The van der Waals surface area contributed by atoms with Crippen molar-refractivity contribution in [2.75, 3.05) is 19.5 Å². The largest absolute Gasteiger partial charge is 0.497 e. The summed E-state index contributed by atoms with van der Waals surface area (Å²) in [5, 5.41) is 5.63. The van der Waals surface area contributed by atoms with E-state index in [1.807, 2.05) is 0 Å². The molecule has 0 aliphatic carbocycles. The minimum absolute atomic E-state index is 0.0535. The van der Waals surface area contributed by atoms with Gasteiger partial charge < -0.3 is 14.8 Å². The van der Waals surface area contributed by atoms with Crippen LogP contribution in [-0.2, 0) is 15.7 Å². The maximum Gasteiger partial charge on any atom is 0.433 e. The number of hydrogen-bond donors (Lipinski definition) is 2. The van der Waals surface area contributed by atoms with Crippen molar-refractivity contribution < 1.29 is 32.2 Å². The molecule has 0 unspecified atom stereocenters. The number of thiol groups is 1. The number of esters is 1. The maximum atomic E-state index is 13.8. The number of methoxy groups -OCH3 is 1. The molecule has 1 amide bonds. The second-order valence-electron chi connectivity index (χ2n) is 6.62. The fourth-order valence-corrected chi connectivity index (χ4v) is 3.40. The van der Waals surface area contributed by atoms with Crippen molar-refractivity contribution in [2.24, 2.45) is 0 Å². The summed E-state index contributed by atoms with van der Waals surface area (Å²) in [6, 6.07) is 5.93. The predicted octanol–water partition coefficient (Wildman–Crippen LogP) is 3.67. The van der Waals surface area contributed by atoms with Crippen molar-refractivity contribution in [3.05, 3.63) is 46.7 Å². The van der Waals surface area contributed by atoms with E-state index in [2.05, 4.69) is 28.0 Å². The summed E-state index contributed by atoms with van der Waals surface area (Å²) in [6.45, 7) is 1.65. The van der Waals surface area contributed by atoms with Crippen LogP contribution in [-0.4, -0.2) is 52.0 Å². The van der Waals surface area contributed by atoms with Gasteiger partial charge >= 0.3 is 12.1 Å². The van der Waals surface area contributed by atoms with Gasteiger partial charge in [0.05, 0.1) is 19.4 Å². The molecule has 0 aliphatic heterocycles. The molecule has 33 heavy (non-hydrogen) atoms. The molecule has 1 N–H and O–H groups in total. The van der Waals surface area contributed by atoms with Crippen molar-refractivity contribution in [2.45, 2.75) is 19.1 Å². The molecule has 176 valence electrons. The van der Waals surface area contributed by atoms with E-state index in [1.54, 1.807) is 25.1 Å². The molecule has 0 bridgehead atoms. The molecule has 0 saturated heterocycles. The standard InChI is InChI=1S/C20H18ClF3N4O4S/c1-3-32-19(30)13(9-33)26-18(29)16-15(21)17-25-12(10-5-4-6-11(7-10)31-2)8-14(20(22,23)24)28(17)27-16/h4-8,13,33H,3,9H2,1-2H3,(H,26,29)/t13-/m0/s1. The molecule has 3 rings (SSSR count). The average molecular weight is 503 g/mol. The summed E-state index contributed by atoms with van der Waals surface area (Å²) in [7, 11) is 1.42. The number of carbonyl (C=O) groups is 2. The minimum atomic E-state index is -4.84. The normalized spacial score (nSPS) is 12.5. The lowest BCUT2D eigenvalue weighted by atomic mass is 10.1. The van der Waals surface area contributed by atoms with E-state index in [-0.39, 0.29) is 23.7 Å². The average Bonchev–Trinajstić information content (AvgIpc) is 3.12. The Hall–Kier alpha value is -2.99. The van der Waals surface area contributed by atoms with Gasteiger partial charge in [-0.25, -0.2) is 14.3 Å². The lowest BCUT2D eigenvalue weighted by Crippen LogP contribution is -2.43. The summed E-state index contributed by atoms with van der Waals surface area (Å²) in [4.78, 5) is 28.8. The first-order valence-corrected chi connectivity index (χ1v) is 10.5. The minimum Gasteiger partial charge on any atom is -0.497 e. The van der Waals surface area contributed by atoms with Crippen LogP contribution in [0.3, 0.4) is 0 Å². The number of aromatic nitrogens is 3. The number of rotatable bonds is 7. The third kappa shape index (κ3) is 5.17. The van der Waals surface area contributed by atoms with E-state index in [0.29, 0.717) is 15.8 Å². The molecule has 1 aromatic carbocycles. The molecule has 0 saturated carbocycles. The number of fused-ring (bicyclic) bond motifs is 1. The maximum absolute atomic E-state index is 13.8. The Bertz CT molecular complexity index is 1200. The van der Waals surface area contributed by atoms with Gasteiger partial charge in [-0.05, 0) is 25.1 Å². The molecular formula is C20H18ClF3N4O4S. The second-order valence-corrected chi connectivity index (χ2v) is 7.36. The molecule has 0 spiro atoms. The number of benzene rings is 1. The monoisotopic (exact) mass is 502 g/mol. The number of nitrogens with one attached hydrogen (secondary N) is 1. The van der Waals surface area contributed by atoms with Crippen molar-refractivity contribution in [1.82, 2.24) is 19.9 Å². The summed E-state index contributed by atoms with van der Waals surface area (Å²) in [5.74, 6) is -1.43. The number of halogens is 4. The molecule has 2 heterocycles. The molecule has 2 aromatic heterocycles. The third-order valence-electron chi connectivity index (χ3n) is 4.46. The highest BCUT2D eigenvalue weighted by Gasteiger charge is 2.37. The van der Waals surface area contributed by atoms with Crippen LogP contribution in [0.2, 0.25) is 5.02 Å². The molecular weight excluding hydrogens is 485 g/mol. The first kappa shape index (κ1) is 24.6. The molecule has 3 aromatic rings. The van der Waals surface area contributed by atoms with E-state index in [0.717, 1.165) is 6.07 Å². The highest BCUT2D eigenvalue weighted by molar-refractivity contribution is 7.80. The summed E-state index contributed by atoms with van der Waals surface area (Å²) < 4.78 is 51.9. The number of nitrogens with zero attached hydrogens (tertiary/aromatic N) is 3. The van der Waals surface area contributed by atoms with E-state index in [1.165, 1.54) is 13.2 Å². The zero-order valence-electron chi connectivity index (χ0n) is 17.3. The van der Waals surface area contributed by atoms with E-state index >= 15 is 0 Å². The van der Waals surface area contributed by atoms with Crippen LogP contribution < -0.4 is 10.1 Å². The van der Waals surface area contributed by atoms with Crippen molar-refractivity contribution >= 4 is 41.8 Å². The van der Waals surface area contributed by atoms with Gasteiger partial charge in [0.25, 0.3) is 5.91 Å². The lowest BCUT2D eigenvalue weighted by Gasteiger charge is -2.14. The summed E-state index contributed by atoms with van der Waals surface area (Å²) >= 11 is 10.2. The first-order valence-electron chi connectivity index (χ1n) is 9.50. The summed E-state index contributed by atoms with van der Waals surface area (Å²) in [6.07, 6.45) is -4.84. The Morgan fingerprint density at radius 2 is 2.03 bits per heavy atom. The van der Waals surface area contributed by atoms with E-state index < -0.39 is 40.5 Å². The number of ether oxygens (including phenoxy) is 2. The molecule has 8 nitrogen and oxygen atoms in total. The number of amides is 1. The van der Waals surface area contributed by atoms with Crippen LogP contribution >= 0.6 is 24.2 Å². The number of alkyl halides is 3. The Labute approximate surface area is 196 Å². The molecule has 0 fully saturated rings. The van der Waals surface area contributed by atoms with Crippen LogP contribution in [0.1, 0.15) is 23.1 Å². The third-order valence-corrected chi connectivity index (χ3v) is 5.18. The smallest absolute Gasteiger partial charge is 0.433 e. The van der Waals surface area contributed by atoms with Crippen LogP contribution in [0.15, 0.2) is 30.3 Å². The van der Waals surface area contributed by atoms with Crippen LogP contribution in [0.4, 0.5) is 13.2 Å². The number of hydrogen-bond acceptors (Lipinski definition) is 7. The highest BCUT2D eigenvalue weighted by Crippen LogP contribution is 2.35. The zero-order chi connectivity index (χ0) is 24.3. The Balaban J connectivity index is 2.12. The lowest BCUT2D eigenvalue weighted by molar-refractivity contribution is -0.144. The van der Waals surface area contributed by atoms with Crippen molar-refractivity contribution in [1.29, 1.82) is 0 Å². The van der Waals surface area contributed by atoms with Crippen LogP contribution in [0, 0.1) is 0 Å². The van der Waals surface area contributed by atoms with Crippen molar-refractivity contribution in [3.8, 4) is 17.0 Å². The molecule has 0 radical (unpaired) electrons. The topological polar surface area (TPSA) is 94.8 Å². The Morgan fingerprint density at radius 1 is 1.30 bits per heavy atom. The predicted molar refractivity (Wildman–Crippen MR) is 117 cm³/mol. The quantitative estimate of drug-likeness (QED) is 0.378. The summed E-state index contributed by atoms with van der Waals surface area (Å²) in [5.41, 5.74) is -1.82. The van der Waals surface area contributed by atoms with Crippen LogP contribution in [0.25, 0.3) is 16.9 Å². The van der Waals surface area contributed by atoms with Gasteiger partial charge in [0.1, 0.15) is 16.8 Å². The van der Waals surface area contributed by atoms with Gasteiger partial charge in [-0.3, -0.25) is 4.79 Å². The molecule has 13 heteroatoms. The number of carbonyl (C=O) groups excluding carboxylic acids is 2. The SMILES string of the molecule is CCOC(=O)[C@H](CS)NC(=O)c1nn2c(C(F)(F)F)cc(-c3cccc(OC)c3)nc2c1Cl. The van der Waals surface area contributed by atoms with E-state index in [4.69, 9.17) is 21.1 Å². The van der Waals surface area contributed by atoms with Gasteiger partial charge in [0.15, 0.2) is 17.0 Å². The zero-order valence-corrected chi connectivity index (χ0v) is 19.0. The molecule has 0 aliphatic rings. The van der Waals surface area contributed by atoms with Gasteiger partial charge in [-0.15, -0.1) is 0 Å². The highest BCUT2D eigenvalue weighted by atomic mass is 35.5. The van der Waals surface area contributed by atoms with Gasteiger partial charge in [-0.1, -0.05) is 23.7 Å². The molecule has 1 atom stereocenters. The second kappa shape index (κ2) is 9.87. The van der Waals surface area contributed by atoms with Gasteiger partial charge in [0, 0.05) is 11.3 Å². The van der Waals surface area contributed by atoms with Crippen molar-refractivity contribution in [3.63, 3.8) is 0 Å². The Morgan fingerprint density at radius 3 is 2.64 bits per heavy atom. The van der Waals surface area contributed by atoms with Gasteiger partial charge in [-0.2, -0.15) is 30.9 Å². The van der Waals surface area contributed by atoms with E-state index in [9.17, 15) is 22.8 Å². The fraction of sp³-hybridized carbons (Fsp3) is 0.300.